The second kappa shape index (κ2) is 9.84. The zero-order chi connectivity index (χ0) is 28.0. The number of fused-ring (bicyclic) bond motifs is 1. The molecule has 2 aromatic carbocycles. The fraction of sp³-hybridized carbons (Fsp3) is 0.200. The Hall–Kier alpha value is -3.77. The molecular weight excluding hydrogens is 540 g/mol. The van der Waals surface area contributed by atoms with Gasteiger partial charge in [0.2, 0.25) is 0 Å². The average Bonchev–Trinajstić information content (AvgIpc) is 3.26. The van der Waals surface area contributed by atoms with E-state index in [2.05, 4.69) is 4.98 Å². The van der Waals surface area contributed by atoms with Crippen LogP contribution in [0.15, 0.2) is 59.7 Å². The summed E-state index contributed by atoms with van der Waals surface area (Å²) in [6, 6.07) is 5.76. The fourth-order valence-electron chi connectivity index (χ4n) is 4.02. The van der Waals surface area contributed by atoms with Crippen molar-refractivity contribution in [2.45, 2.75) is 25.1 Å². The number of aryl methyl sites for hydroxylation is 1. The summed E-state index contributed by atoms with van der Waals surface area (Å²) < 4.78 is 85.4. The molecule has 38 heavy (non-hydrogen) atoms. The van der Waals surface area contributed by atoms with Gasteiger partial charge in [-0.05, 0) is 47.9 Å². The molecule has 0 spiro atoms. The van der Waals surface area contributed by atoms with Crippen LogP contribution in [-0.2, 0) is 6.18 Å². The van der Waals surface area contributed by atoms with E-state index in [1.807, 2.05) is 0 Å². The predicted molar refractivity (Wildman–Crippen MR) is 127 cm³/mol. The van der Waals surface area contributed by atoms with Gasteiger partial charge in [-0.2, -0.15) is 13.2 Å². The summed E-state index contributed by atoms with van der Waals surface area (Å²) >= 11 is 6.01. The Kier molecular flexibility index (Phi) is 7.06. The molecule has 0 bridgehead atoms. The molecule has 2 heterocycles. The third kappa shape index (κ3) is 5.14. The molecule has 3 N–H and O–H groups in total. The first kappa shape index (κ1) is 27.3. The molecule has 0 radical (unpaired) electrons. The molecule has 200 valence electrons. The molecule has 2 aromatic heterocycles. The van der Waals surface area contributed by atoms with Crippen molar-refractivity contribution in [1.29, 1.82) is 0 Å². The van der Waals surface area contributed by atoms with Crippen molar-refractivity contribution in [2.24, 2.45) is 0 Å². The standard InChI is InChI=1S/C25H18ClF6N3O3/c1-12-8-14(4-7-17(12)26)18-10-35-9-16(19(25(30,31)32)20(35)23(38)33-18)22(37)34-21(24(28,29)11-36)13-2-5-15(27)6-3-13/h2-10,21,36H,11H2,1H3,(H,33,38)(H,34,37)/t21-/m0/s1. The van der Waals surface area contributed by atoms with Crippen LogP contribution in [0.5, 0.6) is 0 Å². The number of hydrogen-bond donors (Lipinski definition) is 3. The van der Waals surface area contributed by atoms with Gasteiger partial charge < -0.3 is 19.8 Å². The highest BCUT2D eigenvalue weighted by Crippen LogP contribution is 2.37. The highest BCUT2D eigenvalue weighted by atomic mass is 35.5. The Morgan fingerprint density at radius 1 is 1.11 bits per heavy atom. The van der Waals surface area contributed by atoms with Gasteiger partial charge in [-0.25, -0.2) is 13.2 Å². The van der Waals surface area contributed by atoms with E-state index in [1.54, 1.807) is 18.3 Å². The van der Waals surface area contributed by atoms with Crippen LogP contribution in [-0.4, -0.2) is 32.9 Å². The van der Waals surface area contributed by atoms with E-state index in [4.69, 9.17) is 16.7 Å². The molecule has 0 aliphatic heterocycles. The number of H-pyrrole nitrogens is 1. The monoisotopic (exact) mass is 557 g/mol. The largest absolute Gasteiger partial charge is 0.419 e. The van der Waals surface area contributed by atoms with Gasteiger partial charge >= 0.3 is 6.18 Å². The molecule has 0 aliphatic carbocycles. The van der Waals surface area contributed by atoms with Crippen LogP contribution in [0.4, 0.5) is 26.3 Å². The van der Waals surface area contributed by atoms with Crippen molar-refractivity contribution in [3.8, 4) is 11.3 Å². The van der Waals surface area contributed by atoms with Crippen molar-refractivity contribution in [2.75, 3.05) is 6.61 Å². The van der Waals surface area contributed by atoms with Gasteiger partial charge in [0.25, 0.3) is 17.4 Å². The predicted octanol–water partition coefficient (Wildman–Crippen LogP) is 5.51. The number of carbonyl (C=O) groups excluding carboxylic acids is 1. The van der Waals surface area contributed by atoms with Crippen LogP contribution < -0.4 is 10.9 Å². The average molecular weight is 558 g/mol. The van der Waals surface area contributed by atoms with Crippen LogP contribution in [0.2, 0.25) is 5.02 Å². The second-order valence-corrected chi connectivity index (χ2v) is 8.92. The molecule has 0 saturated heterocycles. The summed E-state index contributed by atoms with van der Waals surface area (Å²) in [5, 5.41) is 11.4. The third-order valence-corrected chi connectivity index (χ3v) is 6.30. The molecule has 0 saturated carbocycles. The van der Waals surface area contributed by atoms with Crippen molar-refractivity contribution in [1.82, 2.24) is 14.7 Å². The molecule has 6 nitrogen and oxygen atoms in total. The lowest BCUT2D eigenvalue weighted by molar-refractivity contribution is -0.136. The number of halogens is 7. The first-order valence-electron chi connectivity index (χ1n) is 10.9. The van der Waals surface area contributed by atoms with Gasteiger partial charge in [0.15, 0.2) is 0 Å². The maximum absolute atomic E-state index is 14.5. The molecule has 4 aromatic rings. The molecule has 13 heteroatoms. The molecule has 0 unspecified atom stereocenters. The van der Waals surface area contributed by atoms with Gasteiger partial charge in [0.1, 0.15) is 24.0 Å². The molecule has 1 atom stereocenters. The molecular formula is C25H18ClF6N3O3. The summed E-state index contributed by atoms with van der Waals surface area (Å²) in [6.45, 7) is -0.0786. The Labute approximate surface area is 215 Å². The Morgan fingerprint density at radius 3 is 2.34 bits per heavy atom. The second-order valence-electron chi connectivity index (χ2n) is 8.51. The third-order valence-electron chi connectivity index (χ3n) is 5.87. The van der Waals surface area contributed by atoms with E-state index < -0.39 is 58.7 Å². The smallest absolute Gasteiger partial charge is 0.390 e. The van der Waals surface area contributed by atoms with Crippen molar-refractivity contribution in [3.05, 3.63) is 98.3 Å². The number of nitrogens with one attached hydrogen (secondary N) is 2. The number of aliphatic hydroxyl groups excluding tert-OH is 1. The first-order valence-corrected chi connectivity index (χ1v) is 11.3. The van der Waals surface area contributed by atoms with Gasteiger partial charge in [0.05, 0.1) is 16.8 Å². The summed E-state index contributed by atoms with van der Waals surface area (Å²) in [6.07, 6.45) is -3.38. The van der Waals surface area contributed by atoms with Crippen molar-refractivity contribution in [3.63, 3.8) is 0 Å². The maximum atomic E-state index is 14.5. The number of hydrogen-bond acceptors (Lipinski definition) is 3. The Bertz CT molecular complexity index is 1580. The molecule has 4 rings (SSSR count). The molecule has 0 aliphatic rings. The fourth-order valence-corrected chi connectivity index (χ4v) is 4.13. The number of amides is 1. The number of benzene rings is 2. The molecule has 0 fully saturated rings. The minimum absolute atomic E-state index is 0.106. The van der Waals surface area contributed by atoms with E-state index in [-0.39, 0.29) is 11.3 Å². The Balaban J connectivity index is 1.85. The Morgan fingerprint density at radius 2 is 1.76 bits per heavy atom. The van der Waals surface area contributed by atoms with Crippen LogP contribution in [0.25, 0.3) is 16.8 Å². The van der Waals surface area contributed by atoms with Crippen LogP contribution in [0, 0.1) is 12.7 Å². The van der Waals surface area contributed by atoms with Crippen LogP contribution in [0.1, 0.15) is 33.1 Å². The summed E-state index contributed by atoms with van der Waals surface area (Å²) in [7, 11) is 0. The van der Waals surface area contributed by atoms with Crippen molar-refractivity contribution >= 4 is 23.0 Å². The van der Waals surface area contributed by atoms with Gasteiger partial charge in [-0.3, -0.25) is 9.59 Å². The number of alkyl halides is 5. The van der Waals surface area contributed by atoms with Gasteiger partial charge in [-0.1, -0.05) is 29.8 Å². The lowest BCUT2D eigenvalue weighted by Crippen LogP contribution is -2.43. The summed E-state index contributed by atoms with van der Waals surface area (Å²) in [4.78, 5) is 28.1. The summed E-state index contributed by atoms with van der Waals surface area (Å²) in [5.74, 6) is -6.40. The number of carbonyl (C=O) groups is 1. The van der Waals surface area contributed by atoms with E-state index >= 15 is 0 Å². The number of nitrogens with zero attached hydrogens (tertiary/aromatic N) is 1. The lowest BCUT2D eigenvalue weighted by Gasteiger charge is -2.27. The van der Waals surface area contributed by atoms with E-state index in [1.165, 1.54) is 12.1 Å². The SMILES string of the molecule is Cc1cc(-c2cn3cc(C(=O)N[C@@H](c4ccc(F)cc4)C(F)(F)CO)c(C(F)(F)F)c3c(=O)[nH]2)ccc1Cl. The topological polar surface area (TPSA) is 86.6 Å². The summed E-state index contributed by atoms with van der Waals surface area (Å²) in [5.41, 5.74) is -4.07. The highest BCUT2D eigenvalue weighted by Gasteiger charge is 2.44. The van der Waals surface area contributed by atoms with E-state index in [0.29, 0.717) is 22.3 Å². The van der Waals surface area contributed by atoms with Crippen LogP contribution in [0.3, 0.4) is 0 Å². The zero-order valence-electron chi connectivity index (χ0n) is 19.3. The van der Waals surface area contributed by atoms with E-state index in [9.17, 15) is 35.9 Å². The lowest BCUT2D eigenvalue weighted by atomic mass is 10.00. The van der Waals surface area contributed by atoms with Crippen LogP contribution >= 0.6 is 11.6 Å². The quantitative estimate of drug-likeness (QED) is 0.273. The van der Waals surface area contributed by atoms with Crippen molar-refractivity contribution < 1.29 is 36.2 Å². The number of aromatic nitrogens is 2. The number of aliphatic hydroxyl groups is 1. The zero-order valence-corrected chi connectivity index (χ0v) is 20.1. The number of rotatable bonds is 6. The van der Waals surface area contributed by atoms with Gasteiger partial charge in [-0.15, -0.1) is 0 Å². The van der Waals surface area contributed by atoms with Gasteiger partial charge in [0, 0.05) is 17.4 Å². The molecule has 1 amide bonds. The normalized spacial score (nSPS) is 13.1. The minimum Gasteiger partial charge on any atom is -0.390 e. The van der Waals surface area contributed by atoms with E-state index in [0.717, 1.165) is 34.9 Å². The number of aromatic amines is 1. The first-order chi connectivity index (χ1) is 17.7. The minimum atomic E-state index is -5.22. The maximum Gasteiger partial charge on any atom is 0.419 e. The highest BCUT2D eigenvalue weighted by molar-refractivity contribution is 6.31.